The molecule has 0 aromatic carbocycles. The van der Waals surface area contributed by atoms with E-state index >= 15 is 0 Å². The summed E-state index contributed by atoms with van der Waals surface area (Å²) in [5.74, 6) is 0. The van der Waals surface area contributed by atoms with E-state index in [1.807, 2.05) is 6.92 Å². The van der Waals surface area contributed by atoms with Gasteiger partial charge in [-0.3, -0.25) is 4.39 Å². The first-order chi connectivity index (χ1) is 5.29. The Bertz CT molecular complexity index is 151. The van der Waals surface area contributed by atoms with Gasteiger partial charge in [-0.15, -0.1) is 0 Å². The Morgan fingerprint density at radius 3 is 3.09 bits per heavy atom. The Morgan fingerprint density at radius 1 is 1.82 bits per heavy atom. The molecule has 4 heteroatoms. The first kappa shape index (κ1) is 8.30. The maximum absolute atomic E-state index is 11.9. The molecular weight excluding hydrogens is 149 g/mol. The van der Waals surface area contributed by atoms with E-state index in [2.05, 4.69) is 0 Å². The van der Waals surface area contributed by atoms with Crippen LogP contribution in [0.15, 0.2) is 0 Å². The molecule has 1 saturated heterocycles. The largest absolute Gasteiger partial charge is 0.447 e. The topological polar surface area (TPSA) is 29.5 Å². The lowest BCUT2D eigenvalue weighted by Crippen LogP contribution is -2.33. The summed E-state index contributed by atoms with van der Waals surface area (Å²) in [6, 6.07) is -0.0440. The van der Waals surface area contributed by atoms with Crippen molar-refractivity contribution in [2.24, 2.45) is 0 Å². The second-order valence-corrected chi connectivity index (χ2v) is 2.49. The quantitative estimate of drug-likeness (QED) is 0.622. The molecule has 0 aromatic rings. The van der Waals surface area contributed by atoms with Gasteiger partial charge >= 0.3 is 6.09 Å². The summed E-state index contributed by atoms with van der Waals surface area (Å²) in [5, 5.41) is 0. The third-order valence-corrected chi connectivity index (χ3v) is 1.86. The molecule has 0 N–H and O–H groups in total. The van der Waals surface area contributed by atoms with Gasteiger partial charge in [-0.1, -0.05) is 0 Å². The molecule has 0 radical (unpaired) electrons. The molecule has 1 aliphatic heterocycles. The third-order valence-electron chi connectivity index (χ3n) is 1.86. The molecule has 0 bridgehead atoms. The van der Waals surface area contributed by atoms with E-state index in [1.54, 1.807) is 4.90 Å². The lowest BCUT2D eigenvalue weighted by molar-refractivity contribution is 0.159. The van der Waals surface area contributed by atoms with Crippen LogP contribution in [0, 0.1) is 0 Å². The van der Waals surface area contributed by atoms with Crippen LogP contribution in [0.1, 0.15) is 13.3 Å². The van der Waals surface area contributed by atoms with Crippen LogP contribution in [-0.4, -0.2) is 36.9 Å². The van der Waals surface area contributed by atoms with Crippen LogP contribution in [0.5, 0.6) is 0 Å². The summed E-state index contributed by atoms with van der Waals surface area (Å²) in [5.41, 5.74) is 0. The number of carbonyl (C=O) groups excluding carboxylic acids is 1. The maximum atomic E-state index is 11.9. The van der Waals surface area contributed by atoms with Crippen molar-refractivity contribution in [1.29, 1.82) is 0 Å². The number of rotatable bonds is 3. The molecule has 0 saturated carbocycles. The van der Waals surface area contributed by atoms with E-state index in [-0.39, 0.29) is 12.1 Å². The predicted molar refractivity (Wildman–Crippen MR) is 38.1 cm³/mol. The average Bonchev–Trinajstić information content (AvgIpc) is 2.33. The molecule has 3 nitrogen and oxygen atoms in total. The molecule has 64 valence electrons. The molecule has 1 amide bonds. The summed E-state index contributed by atoms with van der Waals surface area (Å²) in [7, 11) is 0. The van der Waals surface area contributed by atoms with Gasteiger partial charge in [0, 0.05) is 6.54 Å². The summed E-state index contributed by atoms with van der Waals surface area (Å²) in [6.07, 6.45) is 0.0745. The number of carbonyl (C=O) groups is 1. The Balaban J connectivity index is 2.47. The van der Waals surface area contributed by atoms with Crippen molar-refractivity contribution in [2.75, 3.05) is 19.8 Å². The summed E-state index contributed by atoms with van der Waals surface area (Å²) in [6.45, 7) is 2.41. The van der Waals surface area contributed by atoms with E-state index in [1.165, 1.54) is 0 Å². The van der Waals surface area contributed by atoms with Crippen LogP contribution in [0.2, 0.25) is 0 Å². The fourth-order valence-electron chi connectivity index (χ4n) is 1.24. The predicted octanol–water partition coefficient (Wildman–Crippen LogP) is 1.19. The number of cyclic esters (lactones) is 1. The smallest absolute Gasteiger partial charge is 0.410 e. The fourth-order valence-corrected chi connectivity index (χ4v) is 1.24. The van der Waals surface area contributed by atoms with E-state index in [4.69, 9.17) is 4.74 Å². The molecule has 11 heavy (non-hydrogen) atoms. The average molecular weight is 161 g/mol. The third kappa shape index (κ3) is 1.61. The molecule has 1 unspecified atom stereocenters. The van der Waals surface area contributed by atoms with Gasteiger partial charge in [-0.2, -0.15) is 0 Å². The first-order valence-corrected chi connectivity index (χ1v) is 3.79. The Kier molecular flexibility index (Phi) is 2.68. The van der Waals surface area contributed by atoms with Gasteiger partial charge in [-0.25, -0.2) is 4.79 Å². The molecule has 1 fully saturated rings. The van der Waals surface area contributed by atoms with Gasteiger partial charge < -0.3 is 9.64 Å². The molecule has 1 heterocycles. The van der Waals surface area contributed by atoms with Gasteiger partial charge in [-0.05, 0) is 13.3 Å². The summed E-state index contributed by atoms with van der Waals surface area (Å²) in [4.78, 5) is 12.4. The highest BCUT2D eigenvalue weighted by atomic mass is 19.1. The van der Waals surface area contributed by atoms with Crippen molar-refractivity contribution in [3.05, 3.63) is 0 Å². The molecule has 0 spiro atoms. The zero-order valence-corrected chi connectivity index (χ0v) is 6.55. The van der Waals surface area contributed by atoms with Crippen LogP contribution >= 0.6 is 0 Å². The van der Waals surface area contributed by atoms with Crippen LogP contribution in [0.4, 0.5) is 9.18 Å². The van der Waals surface area contributed by atoms with Crippen LogP contribution in [0.25, 0.3) is 0 Å². The Morgan fingerprint density at radius 2 is 2.55 bits per heavy atom. The van der Waals surface area contributed by atoms with Crippen molar-refractivity contribution in [1.82, 2.24) is 4.90 Å². The molecular formula is C7H12FNO2. The SMILES string of the molecule is CCN1C(=O)OCC1CCF. The van der Waals surface area contributed by atoms with Gasteiger partial charge in [0.15, 0.2) is 0 Å². The van der Waals surface area contributed by atoms with E-state index < -0.39 is 6.67 Å². The summed E-state index contributed by atoms with van der Waals surface area (Å²) < 4.78 is 16.6. The minimum Gasteiger partial charge on any atom is -0.447 e. The van der Waals surface area contributed by atoms with Crippen LogP contribution < -0.4 is 0 Å². The molecule has 1 rings (SSSR count). The number of alkyl halides is 1. The Hall–Kier alpha value is -0.800. The monoisotopic (exact) mass is 161 g/mol. The van der Waals surface area contributed by atoms with Crippen molar-refractivity contribution in [3.63, 3.8) is 0 Å². The second-order valence-electron chi connectivity index (χ2n) is 2.49. The van der Waals surface area contributed by atoms with Crippen molar-refractivity contribution in [3.8, 4) is 0 Å². The minimum absolute atomic E-state index is 0.0440. The normalized spacial score (nSPS) is 24.0. The van der Waals surface area contributed by atoms with Crippen molar-refractivity contribution >= 4 is 6.09 Å². The highest BCUT2D eigenvalue weighted by molar-refractivity contribution is 5.69. The van der Waals surface area contributed by atoms with Gasteiger partial charge in [0.05, 0.1) is 12.7 Å². The van der Waals surface area contributed by atoms with Crippen molar-refractivity contribution < 1.29 is 13.9 Å². The number of hydrogen-bond donors (Lipinski definition) is 0. The number of halogens is 1. The lowest BCUT2D eigenvalue weighted by Gasteiger charge is -2.17. The number of nitrogens with zero attached hydrogens (tertiary/aromatic N) is 1. The van der Waals surface area contributed by atoms with Crippen LogP contribution in [-0.2, 0) is 4.74 Å². The maximum Gasteiger partial charge on any atom is 0.410 e. The van der Waals surface area contributed by atoms with Gasteiger partial charge in [0.2, 0.25) is 0 Å². The molecule has 0 aromatic heterocycles. The highest BCUT2D eigenvalue weighted by Gasteiger charge is 2.30. The second kappa shape index (κ2) is 3.55. The van der Waals surface area contributed by atoms with Crippen molar-refractivity contribution in [2.45, 2.75) is 19.4 Å². The standard InChI is InChI=1S/C7H12FNO2/c1-2-9-6(3-4-8)5-11-7(9)10/h6H,2-5H2,1H3. The zero-order valence-electron chi connectivity index (χ0n) is 6.55. The first-order valence-electron chi connectivity index (χ1n) is 3.79. The molecule has 1 aliphatic rings. The zero-order chi connectivity index (χ0) is 8.27. The molecule has 0 aliphatic carbocycles. The van der Waals surface area contributed by atoms with E-state index in [0.29, 0.717) is 19.6 Å². The summed E-state index contributed by atoms with van der Waals surface area (Å²) >= 11 is 0. The van der Waals surface area contributed by atoms with E-state index in [0.717, 1.165) is 0 Å². The number of hydrogen-bond acceptors (Lipinski definition) is 2. The molecule has 1 atom stereocenters. The lowest BCUT2D eigenvalue weighted by atomic mass is 10.2. The highest BCUT2D eigenvalue weighted by Crippen LogP contribution is 2.14. The number of likely N-dealkylation sites (N-methyl/N-ethyl adjacent to an activating group) is 1. The number of ether oxygens (including phenoxy) is 1. The van der Waals surface area contributed by atoms with E-state index in [9.17, 15) is 9.18 Å². The van der Waals surface area contributed by atoms with Gasteiger partial charge in [0.1, 0.15) is 6.61 Å². The van der Waals surface area contributed by atoms with Gasteiger partial charge in [0.25, 0.3) is 0 Å². The Labute approximate surface area is 65.1 Å². The van der Waals surface area contributed by atoms with Crippen LogP contribution in [0.3, 0.4) is 0 Å². The number of amides is 1. The fraction of sp³-hybridized carbons (Fsp3) is 0.857. The minimum atomic E-state index is -0.391.